The summed E-state index contributed by atoms with van der Waals surface area (Å²) in [4.78, 5) is 6.01. The zero-order valence-electron chi connectivity index (χ0n) is 11.1. The lowest BCUT2D eigenvalue weighted by Crippen LogP contribution is -2.47. The van der Waals surface area contributed by atoms with Gasteiger partial charge >= 0.3 is 0 Å². The summed E-state index contributed by atoms with van der Waals surface area (Å²) in [7, 11) is 2.30. The van der Waals surface area contributed by atoms with E-state index in [1.807, 2.05) is 0 Å². The molecule has 0 radical (unpaired) electrons. The van der Waals surface area contributed by atoms with Crippen molar-refractivity contribution in [1.29, 1.82) is 0 Å². The zero-order chi connectivity index (χ0) is 12.3. The van der Waals surface area contributed by atoms with E-state index in [2.05, 4.69) is 48.3 Å². The van der Waals surface area contributed by atoms with Crippen molar-refractivity contribution in [2.75, 3.05) is 13.6 Å². The number of likely N-dealkylation sites (tertiary alicyclic amines) is 1. The van der Waals surface area contributed by atoms with E-state index in [0.717, 1.165) is 11.8 Å². The molecule has 1 N–H and O–H groups in total. The van der Waals surface area contributed by atoms with Crippen molar-refractivity contribution in [3.8, 4) is 0 Å². The average Bonchev–Trinajstić information content (AvgIpc) is 2.76. The van der Waals surface area contributed by atoms with Crippen LogP contribution < -0.4 is 0 Å². The average molecular weight is 240 g/mol. The minimum atomic E-state index is 0.704. The number of hydrogen-bond acceptors (Lipinski definition) is 1. The normalized spacial score (nSPS) is 31.6. The summed E-state index contributed by atoms with van der Waals surface area (Å²) in [5.41, 5.74) is 4.42. The van der Waals surface area contributed by atoms with Crippen LogP contribution in [0.5, 0.6) is 0 Å². The van der Waals surface area contributed by atoms with Crippen molar-refractivity contribution in [3.05, 3.63) is 35.5 Å². The van der Waals surface area contributed by atoms with Gasteiger partial charge in [0, 0.05) is 35.6 Å². The molecule has 18 heavy (non-hydrogen) atoms. The van der Waals surface area contributed by atoms with E-state index in [1.54, 1.807) is 5.56 Å². The van der Waals surface area contributed by atoms with Gasteiger partial charge in [0.15, 0.2) is 0 Å². The summed E-state index contributed by atoms with van der Waals surface area (Å²) >= 11 is 0. The van der Waals surface area contributed by atoms with Crippen molar-refractivity contribution in [2.24, 2.45) is 5.92 Å². The Balaban J connectivity index is 1.92. The number of benzene rings is 1. The van der Waals surface area contributed by atoms with Crippen molar-refractivity contribution in [2.45, 2.75) is 31.7 Å². The number of likely N-dealkylation sites (N-methyl/N-ethyl adjacent to an activating group) is 1. The monoisotopic (exact) mass is 240 g/mol. The third-order valence-electron chi connectivity index (χ3n) is 4.93. The summed E-state index contributed by atoms with van der Waals surface area (Å²) in [6.45, 7) is 3.64. The molecule has 4 rings (SSSR count). The molecule has 1 aromatic carbocycles. The largest absolute Gasteiger partial charge is 0.361 e. The van der Waals surface area contributed by atoms with Crippen molar-refractivity contribution in [3.63, 3.8) is 0 Å². The number of nitrogens with zero attached hydrogens (tertiary/aromatic N) is 1. The van der Waals surface area contributed by atoms with Crippen LogP contribution in [0.25, 0.3) is 10.9 Å². The van der Waals surface area contributed by atoms with Crippen molar-refractivity contribution >= 4 is 10.9 Å². The summed E-state index contributed by atoms with van der Waals surface area (Å²) < 4.78 is 0. The van der Waals surface area contributed by atoms with E-state index in [4.69, 9.17) is 0 Å². The fraction of sp³-hybridized carbons (Fsp3) is 0.500. The Morgan fingerprint density at radius 3 is 3.11 bits per heavy atom. The highest BCUT2D eigenvalue weighted by Gasteiger charge is 2.37. The first-order chi connectivity index (χ1) is 8.74. The van der Waals surface area contributed by atoms with Crippen molar-refractivity contribution in [1.82, 2.24) is 9.88 Å². The second-order valence-electron chi connectivity index (χ2n) is 6.24. The molecule has 1 aromatic heterocycles. The maximum absolute atomic E-state index is 3.44. The minimum Gasteiger partial charge on any atom is -0.361 e. The van der Waals surface area contributed by atoms with Gasteiger partial charge in [0.1, 0.15) is 0 Å². The van der Waals surface area contributed by atoms with Crippen LogP contribution in [-0.4, -0.2) is 29.5 Å². The number of nitrogens with one attached hydrogen (secondary N) is 1. The van der Waals surface area contributed by atoms with Gasteiger partial charge in [-0.3, -0.25) is 0 Å². The molecule has 1 aliphatic heterocycles. The first kappa shape index (κ1) is 10.6. The number of fused-ring (bicyclic) bond motifs is 2. The number of hydrogen-bond donors (Lipinski definition) is 1. The highest BCUT2D eigenvalue weighted by atomic mass is 15.1. The minimum absolute atomic E-state index is 0.704. The van der Waals surface area contributed by atoms with Crippen LogP contribution in [0.15, 0.2) is 24.4 Å². The second kappa shape index (κ2) is 3.61. The summed E-state index contributed by atoms with van der Waals surface area (Å²) in [6.07, 6.45) is 4.78. The van der Waals surface area contributed by atoms with Gasteiger partial charge in [-0.15, -0.1) is 0 Å². The fourth-order valence-electron chi connectivity index (χ4n) is 4.21. The van der Waals surface area contributed by atoms with E-state index in [-0.39, 0.29) is 0 Å². The van der Waals surface area contributed by atoms with Crippen LogP contribution in [0.3, 0.4) is 0 Å². The third kappa shape index (κ3) is 1.33. The number of H-pyrrole nitrogens is 1. The molecule has 2 heterocycles. The van der Waals surface area contributed by atoms with Crippen LogP contribution in [0.2, 0.25) is 0 Å². The van der Waals surface area contributed by atoms with Gasteiger partial charge < -0.3 is 9.88 Å². The maximum atomic E-state index is 3.44. The SMILES string of the molecule is C[C@H]1C[C@@H]2c3cccc4[nH]cc(c34)C[C@H]2N(C)C1. The van der Waals surface area contributed by atoms with Crippen LogP contribution in [0.4, 0.5) is 0 Å². The number of aromatic amines is 1. The van der Waals surface area contributed by atoms with Crippen molar-refractivity contribution < 1.29 is 0 Å². The predicted octanol–water partition coefficient (Wildman–Crippen LogP) is 3.15. The standard InChI is InChI=1S/C16H20N2/c1-10-6-13-12-4-3-5-14-16(12)11(8-17-14)7-15(13)18(2)9-10/h3-5,8,10,13,15,17H,6-7,9H2,1-2H3/t10-,13+,15+/m0/s1. The highest BCUT2D eigenvalue weighted by Crippen LogP contribution is 2.43. The second-order valence-corrected chi connectivity index (χ2v) is 6.24. The lowest BCUT2D eigenvalue weighted by molar-refractivity contribution is 0.119. The molecule has 2 aromatic rings. The van der Waals surface area contributed by atoms with Gasteiger partial charge in [0.05, 0.1) is 0 Å². The Hall–Kier alpha value is -1.28. The molecular weight excluding hydrogens is 220 g/mol. The van der Waals surface area contributed by atoms with Gasteiger partial charge in [0.25, 0.3) is 0 Å². The van der Waals surface area contributed by atoms with E-state index >= 15 is 0 Å². The van der Waals surface area contributed by atoms with Gasteiger partial charge in [0.2, 0.25) is 0 Å². The molecular formula is C16H20N2. The molecule has 1 fully saturated rings. The van der Waals surface area contributed by atoms with Crippen LogP contribution in [0, 0.1) is 5.92 Å². The molecule has 0 bridgehead atoms. The Labute approximate surface area is 108 Å². The molecule has 0 unspecified atom stereocenters. The molecule has 2 nitrogen and oxygen atoms in total. The lowest BCUT2D eigenvalue weighted by atomic mass is 9.73. The smallest absolute Gasteiger partial charge is 0.0459 e. The first-order valence-corrected chi connectivity index (χ1v) is 7.03. The zero-order valence-corrected chi connectivity index (χ0v) is 11.1. The van der Waals surface area contributed by atoms with Crippen LogP contribution in [0.1, 0.15) is 30.4 Å². The summed E-state index contributed by atoms with van der Waals surface area (Å²) in [5, 5.41) is 1.52. The first-order valence-electron chi connectivity index (χ1n) is 7.03. The molecule has 0 saturated carbocycles. The van der Waals surface area contributed by atoms with Gasteiger partial charge in [-0.2, -0.15) is 0 Å². The number of aromatic nitrogens is 1. The Kier molecular flexibility index (Phi) is 2.13. The number of piperidine rings is 1. The molecule has 94 valence electrons. The van der Waals surface area contributed by atoms with Gasteiger partial charge in [-0.25, -0.2) is 0 Å². The highest BCUT2D eigenvalue weighted by molar-refractivity contribution is 5.88. The number of rotatable bonds is 0. The topological polar surface area (TPSA) is 19.0 Å². The van der Waals surface area contributed by atoms with Gasteiger partial charge in [-0.1, -0.05) is 19.1 Å². The quantitative estimate of drug-likeness (QED) is 0.749. The fourth-order valence-corrected chi connectivity index (χ4v) is 4.21. The van der Waals surface area contributed by atoms with E-state index in [1.165, 1.54) is 35.9 Å². The Morgan fingerprint density at radius 1 is 1.33 bits per heavy atom. The summed E-state index contributed by atoms with van der Waals surface area (Å²) in [6, 6.07) is 7.47. The molecule has 2 heteroatoms. The molecule has 1 saturated heterocycles. The molecule has 0 spiro atoms. The predicted molar refractivity (Wildman–Crippen MR) is 74.9 cm³/mol. The van der Waals surface area contributed by atoms with E-state index < -0.39 is 0 Å². The molecule has 0 amide bonds. The van der Waals surface area contributed by atoms with E-state index in [9.17, 15) is 0 Å². The molecule has 2 aliphatic rings. The third-order valence-corrected chi connectivity index (χ3v) is 4.93. The van der Waals surface area contributed by atoms with Crippen LogP contribution >= 0.6 is 0 Å². The molecule has 3 atom stereocenters. The summed E-state index contributed by atoms with van der Waals surface area (Å²) in [5.74, 6) is 1.54. The van der Waals surface area contributed by atoms with Crippen LogP contribution in [-0.2, 0) is 6.42 Å². The van der Waals surface area contributed by atoms with E-state index in [0.29, 0.717) is 6.04 Å². The molecule has 1 aliphatic carbocycles. The Morgan fingerprint density at radius 2 is 2.22 bits per heavy atom. The van der Waals surface area contributed by atoms with Gasteiger partial charge in [-0.05, 0) is 43.0 Å². The maximum Gasteiger partial charge on any atom is 0.0459 e. The lowest BCUT2D eigenvalue weighted by Gasteiger charge is -2.44. The Bertz CT molecular complexity index is 598.